The van der Waals surface area contributed by atoms with E-state index in [1.807, 2.05) is 24.3 Å². The number of carbonyl (C=O) groups excluding carboxylic acids is 1. The van der Waals surface area contributed by atoms with E-state index < -0.39 is 5.97 Å². The highest BCUT2D eigenvalue weighted by Crippen LogP contribution is 2.39. The summed E-state index contributed by atoms with van der Waals surface area (Å²) in [6.07, 6.45) is 0.422. The van der Waals surface area contributed by atoms with Gasteiger partial charge in [0.2, 0.25) is 0 Å². The van der Waals surface area contributed by atoms with Crippen molar-refractivity contribution in [2.24, 2.45) is 5.10 Å². The van der Waals surface area contributed by atoms with Crippen LogP contribution in [0.4, 0.5) is 11.4 Å². The molecule has 0 amide bonds. The highest BCUT2D eigenvalue weighted by molar-refractivity contribution is 6.38. The predicted molar refractivity (Wildman–Crippen MR) is 103 cm³/mol. The van der Waals surface area contributed by atoms with E-state index in [0.29, 0.717) is 35.1 Å². The van der Waals surface area contributed by atoms with Crippen molar-refractivity contribution in [1.82, 2.24) is 0 Å². The highest BCUT2D eigenvalue weighted by atomic mass is 35.5. The fourth-order valence-electron chi connectivity index (χ4n) is 2.86. The lowest BCUT2D eigenvalue weighted by atomic mass is 10.0. The van der Waals surface area contributed by atoms with Crippen LogP contribution in [-0.4, -0.2) is 25.4 Å². The number of anilines is 2. The standard InChI is InChI=1S/C19H20ClN3O3/c1-3-26-19(24)16-11-18(12-4-7-14(25-2)8-5-12)23(22-16)17-9-6-13(21)10-15(17)20/h4-10,18H,3,11,21H2,1-2H3. The quantitative estimate of drug-likeness (QED) is 0.637. The summed E-state index contributed by atoms with van der Waals surface area (Å²) in [4.78, 5) is 12.2. The summed E-state index contributed by atoms with van der Waals surface area (Å²) in [5.74, 6) is 0.343. The molecule has 1 aliphatic heterocycles. The number of methoxy groups -OCH3 is 1. The van der Waals surface area contributed by atoms with Gasteiger partial charge in [0.05, 0.1) is 30.5 Å². The van der Waals surface area contributed by atoms with Gasteiger partial charge < -0.3 is 15.2 Å². The monoisotopic (exact) mass is 373 g/mol. The molecule has 6 nitrogen and oxygen atoms in total. The third-order valence-corrected chi connectivity index (χ3v) is 4.44. The molecular formula is C19H20ClN3O3. The predicted octanol–water partition coefficient (Wildman–Crippen LogP) is 3.80. The van der Waals surface area contributed by atoms with E-state index in [1.165, 1.54) is 0 Å². The molecule has 2 aromatic rings. The number of hydrogen-bond donors (Lipinski definition) is 1. The third-order valence-electron chi connectivity index (χ3n) is 4.14. The maximum absolute atomic E-state index is 12.2. The number of carbonyl (C=O) groups is 1. The maximum Gasteiger partial charge on any atom is 0.354 e. The molecule has 1 aliphatic rings. The smallest absolute Gasteiger partial charge is 0.354 e. The molecule has 1 unspecified atom stereocenters. The van der Waals surface area contributed by atoms with Crippen molar-refractivity contribution in [2.45, 2.75) is 19.4 Å². The fraction of sp³-hybridized carbons (Fsp3) is 0.263. The van der Waals surface area contributed by atoms with Crippen LogP contribution in [0.5, 0.6) is 5.75 Å². The van der Waals surface area contributed by atoms with Crippen LogP contribution < -0.4 is 15.5 Å². The first-order chi connectivity index (χ1) is 12.5. The number of rotatable bonds is 5. The van der Waals surface area contributed by atoms with Crippen molar-refractivity contribution in [3.05, 3.63) is 53.1 Å². The van der Waals surface area contributed by atoms with E-state index in [-0.39, 0.29) is 6.04 Å². The number of esters is 1. The molecule has 0 aromatic heterocycles. The van der Waals surface area contributed by atoms with Gasteiger partial charge in [0.25, 0.3) is 0 Å². The highest BCUT2D eigenvalue weighted by Gasteiger charge is 2.34. The van der Waals surface area contributed by atoms with Gasteiger partial charge in [0.15, 0.2) is 0 Å². The molecule has 2 N–H and O–H groups in total. The Balaban J connectivity index is 1.99. The number of ether oxygens (including phenoxy) is 2. The molecule has 2 aromatic carbocycles. The van der Waals surface area contributed by atoms with Crippen LogP contribution >= 0.6 is 11.6 Å². The van der Waals surface area contributed by atoms with Crippen molar-refractivity contribution in [3.63, 3.8) is 0 Å². The van der Waals surface area contributed by atoms with E-state index in [9.17, 15) is 4.79 Å². The van der Waals surface area contributed by atoms with Gasteiger partial charge in [-0.1, -0.05) is 23.7 Å². The normalized spacial score (nSPS) is 16.3. The van der Waals surface area contributed by atoms with E-state index in [4.69, 9.17) is 26.8 Å². The molecule has 0 fully saturated rings. The molecule has 7 heteroatoms. The van der Waals surface area contributed by atoms with E-state index >= 15 is 0 Å². The van der Waals surface area contributed by atoms with Gasteiger partial charge in [-0.3, -0.25) is 5.01 Å². The van der Waals surface area contributed by atoms with Crippen molar-refractivity contribution in [1.29, 1.82) is 0 Å². The van der Waals surface area contributed by atoms with Crippen molar-refractivity contribution in [2.75, 3.05) is 24.5 Å². The first kappa shape index (κ1) is 18.1. The van der Waals surface area contributed by atoms with Crippen LogP contribution in [0, 0.1) is 0 Å². The Bertz CT molecular complexity index is 836. The minimum absolute atomic E-state index is 0.179. The van der Waals surface area contributed by atoms with Gasteiger partial charge in [-0.25, -0.2) is 4.79 Å². The second-order valence-electron chi connectivity index (χ2n) is 5.82. The summed E-state index contributed by atoms with van der Waals surface area (Å²) in [5, 5.41) is 6.70. The second kappa shape index (κ2) is 7.66. The number of hydrazone groups is 1. The molecule has 0 saturated carbocycles. The lowest BCUT2D eigenvalue weighted by molar-refractivity contribution is -0.135. The number of nitrogen functional groups attached to an aromatic ring is 1. The summed E-state index contributed by atoms with van der Waals surface area (Å²) < 4.78 is 10.3. The molecule has 0 saturated heterocycles. The molecule has 1 atom stereocenters. The Morgan fingerprint density at radius 3 is 2.65 bits per heavy atom. The van der Waals surface area contributed by atoms with Gasteiger partial charge in [-0.2, -0.15) is 5.10 Å². The molecule has 136 valence electrons. The van der Waals surface area contributed by atoms with Crippen LogP contribution in [0.2, 0.25) is 5.02 Å². The van der Waals surface area contributed by atoms with Crippen LogP contribution in [0.25, 0.3) is 0 Å². The van der Waals surface area contributed by atoms with Gasteiger partial charge in [-0.05, 0) is 42.8 Å². The summed E-state index contributed by atoms with van der Waals surface area (Å²) in [6.45, 7) is 2.07. The third kappa shape index (κ3) is 3.60. The average molecular weight is 374 g/mol. The van der Waals surface area contributed by atoms with Gasteiger partial charge in [0.1, 0.15) is 11.5 Å². The second-order valence-corrected chi connectivity index (χ2v) is 6.22. The van der Waals surface area contributed by atoms with Crippen LogP contribution in [0.3, 0.4) is 0 Å². The topological polar surface area (TPSA) is 77.2 Å². The van der Waals surface area contributed by atoms with E-state index in [0.717, 1.165) is 11.3 Å². The fourth-order valence-corrected chi connectivity index (χ4v) is 3.14. The molecule has 0 bridgehead atoms. The largest absolute Gasteiger partial charge is 0.497 e. The molecule has 3 rings (SSSR count). The van der Waals surface area contributed by atoms with Crippen molar-refractivity contribution in [3.8, 4) is 5.75 Å². The summed E-state index contributed by atoms with van der Waals surface area (Å²) in [7, 11) is 1.62. The molecule has 0 spiro atoms. The Hall–Kier alpha value is -2.73. The van der Waals surface area contributed by atoms with Crippen LogP contribution in [-0.2, 0) is 9.53 Å². The Morgan fingerprint density at radius 1 is 1.31 bits per heavy atom. The zero-order valence-electron chi connectivity index (χ0n) is 14.6. The van der Waals surface area contributed by atoms with Gasteiger partial charge >= 0.3 is 5.97 Å². The molecular weight excluding hydrogens is 354 g/mol. The number of nitrogens with two attached hydrogens (primary N) is 1. The molecule has 26 heavy (non-hydrogen) atoms. The maximum atomic E-state index is 12.2. The first-order valence-corrected chi connectivity index (χ1v) is 8.64. The average Bonchev–Trinajstić information content (AvgIpc) is 3.07. The Morgan fingerprint density at radius 2 is 2.04 bits per heavy atom. The Labute approximate surface area is 157 Å². The van der Waals surface area contributed by atoms with Gasteiger partial charge in [-0.15, -0.1) is 0 Å². The summed E-state index contributed by atoms with van der Waals surface area (Å²) in [6, 6.07) is 12.7. The molecule has 1 heterocycles. The SMILES string of the molecule is CCOC(=O)C1=NN(c2ccc(N)cc2Cl)C(c2ccc(OC)cc2)C1. The van der Waals surface area contributed by atoms with Gasteiger partial charge in [0, 0.05) is 12.1 Å². The summed E-state index contributed by atoms with van der Waals surface area (Å²) >= 11 is 6.37. The minimum Gasteiger partial charge on any atom is -0.497 e. The lowest BCUT2D eigenvalue weighted by Crippen LogP contribution is -2.19. The zero-order valence-corrected chi connectivity index (χ0v) is 15.4. The van der Waals surface area contributed by atoms with Crippen molar-refractivity contribution >= 4 is 34.7 Å². The van der Waals surface area contributed by atoms with Crippen LogP contribution in [0.15, 0.2) is 47.6 Å². The lowest BCUT2D eigenvalue weighted by Gasteiger charge is -2.25. The van der Waals surface area contributed by atoms with Crippen LogP contribution in [0.1, 0.15) is 24.9 Å². The molecule has 0 aliphatic carbocycles. The molecule has 0 radical (unpaired) electrons. The number of halogens is 1. The number of hydrogen-bond acceptors (Lipinski definition) is 6. The van der Waals surface area contributed by atoms with E-state index in [1.54, 1.807) is 37.2 Å². The zero-order chi connectivity index (χ0) is 18.7. The first-order valence-electron chi connectivity index (χ1n) is 8.26. The summed E-state index contributed by atoms with van der Waals surface area (Å²) in [5.41, 5.74) is 8.39. The van der Waals surface area contributed by atoms with E-state index in [2.05, 4.69) is 5.10 Å². The number of benzene rings is 2. The number of nitrogens with zero attached hydrogens (tertiary/aromatic N) is 2. The minimum atomic E-state index is -0.417. The van der Waals surface area contributed by atoms with Crippen molar-refractivity contribution < 1.29 is 14.3 Å². The Kier molecular flexibility index (Phi) is 5.32.